The molecule has 0 spiro atoms. The first kappa shape index (κ1) is 22.3. The Morgan fingerprint density at radius 1 is 1.21 bits per heavy atom. The van der Waals surface area contributed by atoms with Crippen LogP contribution >= 0.6 is 0 Å². The van der Waals surface area contributed by atoms with Gasteiger partial charge in [-0.25, -0.2) is 9.07 Å². The smallest absolute Gasteiger partial charge is 0.249 e. The lowest BCUT2D eigenvalue weighted by molar-refractivity contribution is -0.126. The number of carbonyl (C=O) groups is 2. The summed E-state index contributed by atoms with van der Waals surface area (Å²) in [6.07, 6.45) is 2.48. The van der Waals surface area contributed by atoms with E-state index in [2.05, 4.69) is 17.6 Å². The van der Waals surface area contributed by atoms with Gasteiger partial charge in [0.05, 0.1) is 18.2 Å². The lowest BCUT2D eigenvalue weighted by atomic mass is 9.81. The largest absolute Gasteiger partial charge is 0.343 e. The number of rotatable bonds is 6. The Kier molecular flexibility index (Phi) is 5.71. The Balaban J connectivity index is 1.51. The standard InChI is InChI=1S/C27H29FN4O2/c1-15-5-4-6-18(13-15)14-22(33)29-25-24(20-9-11-21(28)12-10-20)23-16(2)31-32(17(3)19-7-8-19)26(23)30-27(25)34/h4-6,9-13,17,19,24-25H,7-8,14H2,1-3H3,(H,29,33)(H,30,34)/t17?,24-,25-/m0/s1. The van der Waals surface area contributed by atoms with Gasteiger partial charge in [-0.2, -0.15) is 5.10 Å². The number of aromatic nitrogens is 2. The Bertz CT molecular complexity index is 1250. The number of hydrogen-bond donors (Lipinski definition) is 2. The van der Waals surface area contributed by atoms with Crippen molar-refractivity contribution in [1.82, 2.24) is 15.1 Å². The monoisotopic (exact) mass is 460 g/mol. The average molecular weight is 461 g/mol. The summed E-state index contributed by atoms with van der Waals surface area (Å²) in [5.74, 6) is -0.108. The van der Waals surface area contributed by atoms with Crippen molar-refractivity contribution in [3.8, 4) is 0 Å². The van der Waals surface area contributed by atoms with E-state index >= 15 is 0 Å². The zero-order valence-corrected chi connectivity index (χ0v) is 19.6. The van der Waals surface area contributed by atoms with Crippen LogP contribution in [0.5, 0.6) is 0 Å². The summed E-state index contributed by atoms with van der Waals surface area (Å²) in [6, 6.07) is 13.2. The van der Waals surface area contributed by atoms with Gasteiger partial charge in [-0.1, -0.05) is 42.0 Å². The van der Waals surface area contributed by atoms with Crippen molar-refractivity contribution >= 4 is 17.6 Å². The number of fused-ring (bicyclic) bond motifs is 1. The minimum atomic E-state index is -0.831. The first-order valence-corrected chi connectivity index (χ1v) is 11.8. The number of nitrogens with zero attached hydrogens (tertiary/aromatic N) is 2. The predicted octanol–water partition coefficient (Wildman–Crippen LogP) is 4.42. The molecule has 2 heterocycles. The molecule has 7 heteroatoms. The van der Waals surface area contributed by atoms with Gasteiger partial charge in [0.15, 0.2) is 0 Å². The van der Waals surface area contributed by atoms with Crippen molar-refractivity contribution in [2.45, 2.75) is 58.0 Å². The van der Waals surface area contributed by atoms with Crippen LogP contribution in [0.2, 0.25) is 0 Å². The van der Waals surface area contributed by atoms with Crippen LogP contribution in [-0.2, 0) is 16.0 Å². The highest BCUT2D eigenvalue weighted by Crippen LogP contribution is 2.45. The van der Waals surface area contributed by atoms with Crippen LogP contribution in [0.15, 0.2) is 48.5 Å². The van der Waals surface area contributed by atoms with Crippen LogP contribution in [0.3, 0.4) is 0 Å². The lowest BCUT2D eigenvalue weighted by Crippen LogP contribution is -2.51. The molecule has 1 aromatic heterocycles. The average Bonchev–Trinajstić information content (AvgIpc) is 3.59. The normalized spacial score (nSPS) is 20.4. The van der Waals surface area contributed by atoms with Crippen LogP contribution < -0.4 is 10.6 Å². The van der Waals surface area contributed by atoms with E-state index in [1.54, 1.807) is 12.1 Å². The van der Waals surface area contributed by atoms with Gasteiger partial charge in [-0.3, -0.25) is 9.59 Å². The number of halogens is 1. The Hall–Kier alpha value is -3.48. The highest BCUT2D eigenvalue weighted by molar-refractivity contribution is 6.01. The Labute approximate surface area is 198 Å². The van der Waals surface area contributed by atoms with E-state index in [0.29, 0.717) is 11.7 Å². The van der Waals surface area contributed by atoms with Crippen LogP contribution in [-0.4, -0.2) is 27.6 Å². The topological polar surface area (TPSA) is 76.0 Å². The number of amides is 2. The third kappa shape index (κ3) is 4.22. The van der Waals surface area contributed by atoms with Crippen LogP contribution in [0.25, 0.3) is 0 Å². The van der Waals surface area contributed by atoms with Crippen molar-refractivity contribution in [3.05, 3.63) is 82.3 Å². The quantitative estimate of drug-likeness (QED) is 0.572. The van der Waals surface area contributed by atoms with Gasteiger partial charge in [-0.05, 0) is 62.8 Å². The number of hydrogen-bond acceptors (Lipinski definition) is 3. The van der Waals surface area contributed by atoms with Gasteiger partial charge >= 0.3 is 0 Å². The van der Waals surface area contributed by atoms with E-state index in [9.17, 15) is 14.0 Å². The molecular formula is C27H29FN4O2. The molecule has 2 aromatic carbocycles. The molecule has 2 amide bonds. The zero-order chi connectivity index (χ0) is 24.0. The molecule has 34 heavy (non-hydrogen) atoms. The number of nitrogens with one attached hydrogen (secondary N) is 2. The molecule has 1 aliphatic carbocycles. The second kappa shape index (κ2) is 8.70. The van der Waals surface area contributed by atoms with Gasteiger partial charge in [0, 0.05) is 11.5 Å². The van der Waals surface area contributed by atoms with E-state index < -0.39 is 12.0 Å². The van der Waals surface area contributed by atoms with E-state index in [0.717, 1.165) is 40.8 Å². The number of benzene rings is 2. The molecule has 1 unspecified atom stereocenters. The third-order valence-electron chi connectivity index (χ3n) is 6.98. The van der Waals surface area contributed by atoms with Crippen molar-refractivity contribution in [1.29, 1.82) is 0 Å². The second-order valence-electron chi connectivity index (χ2n) is 9.60. The molecule has 5 rings (SSSR count). The SMILES string of the molecule is Cc1cccc(CC(=O)N[C@@H]2C(=O)Nc3c(c(C)nn3C(C)C3CC3)[C@@H]2c2ccc(F)cc2)c1. The van der Waals surface area contributed by atoms with Crippen LogP contribution in [0.4, 0.5) is 10.2 Å². The molecule has 0 radical (unpaired) electrons. The molecule has 0 saturated heterocycles. The van der Waals surface area contributed by atoms with Gasteiger partial charge in [0.2, 0.25) is 11.8 Å². The van der Waals surface area contributed by atoms with E-state index in [1.165, 1.54) is 12.1 Å². The lowest BCUT2D eigenvalue weighted by Gasteiger charge is -2.33. The highest BCUT2D eigenvalue weighted by atomic mass is 19.1. The zero-order valence-electron chi connectivity index (χ0n) is 19.6. The summed E-state index contributed by atoms with van der Waals surface area (Å²) in [7, 11) is 0. The Morgan fingerprint density at radius 2 is 1.94 bits per heavy atom. The molecule has 2 N–H and O–H groups in total. The minimum Gasteiger partial charge on any atom is -0.343 e. The predicted molar refractivity (Wildman–Crippen MR) is 128 cm³/mol. The van der Waals surface area contributed by atoms with Gasteiger partial charge in [0.1, 0.15) is 17.7 Å². The fraction of sp³-hybridized carbons (Fsp3) is 0.370. The molecular weight excluding hydrogens is 431 g/mol. The van der Waals surface area contributed by atoms with Crippen LogP contribution in [0, 0.1) is 25.6 Å². The summed E-state index contributed by atoms with van der Waals surface area (Å²) in [6.45, 7) is 6.03. The first-order valence-electron chi connectivity index (χ1n) is 11.8. The molecule has 3 aromatic rings. The van der Waals surface area contributed by atoms with Crippen molar-refractivity contribution in [2.24, 2.45) is 5.92 Å². The summed E-state index contributed by atoms with van der Waals surface area (Å²) < 4.78 is 15.6. The fourth-order valence-corrected chi connectivity index (χ4v) is 5.05. The third-order valence-corrected chi connectivity index (χ3v) is 6.98. The van der Waals surface area contributed by atoms with Crippen LogP contribution in [0.1, 0.15) is 59.7 Å². The maximum Gasteiger partial charge on any atom is 0.249 e. The molecule has 1 fully saturated rings. The summed E-state index contributed by atoms with van der Waals surface area (Å²) >= 11 is 0. The van der Waals surface area contributed by atoms with Gasteiger partial charge < -0.3 is 10.6 Å². The fourth-order valence-electron chi connectivity index (χ4n) is 5.05. The summed E-state index contributed by atoms with van der Waals surface area (Å²) in [4.78, 5) is 26.4. The van der Waals surface area contributed by atoms with Crippen molar-refractivity contribution < 1.29 is 14.0 Å². The summed E-state index contributed by atoms with van der Waals surface area (Å²) in [5, 5.41) is 10.8. The molecule has 1 aliphatic heterocycles. The molecule has 2 aliphatic rings. The molecule has 176 valence electrons. The van der Waals surface area contributed by atoms with E-state index in [4.69, 9.17) is 5.10 Å². The van der Waals surface area contributed by atoms with Gasteiger partial charge in [-0.15, -0.1) is 0 Å². The van der Waals surface area contributed by atoms with Crippen molar-refractivity contribution in [3.63, 3.8) is 0 Å². The maximum absolute atomic E-state index is 13.7. The first-order chi connectivity index (χ1) is 16.3. The highest BCUT2D eigenvalue weighted by Gasteiger charge is 2.43. The molecule has 0 bridgehead atoms. The van der Waals surface area contributed by atoms with Gasteiger partial charge in [0.25, 0.3) is 0 Å². The second-order valence-corrected chi connectivity index (χ2v) is 9.60. The summed E-state index contributed by atoms with van der Waals surface area (Å²) in [5.41, 5.74) is 4.40. The van der Waals surface area contributed by atoms with Crippen molar-refractivity contribution in [2.75, 3.05) is 5.32 Å². The number of anilines is 1. The Morgan fingerprint density at radius 3 is 2.62 bits per heavy atom. The molecule has 6 nitrogen and oxygen atoms in total. The van der Waals surface area contributed by atoms with E-state index in [-0.39, 0.29) is 30.1 Å². The number of carbonyl (C=O) groups excluding carboxylic acids is 2. The van der Waals surface area contributed by atoms with E-state index in [1.807, 2.05) is 42.8 Å². The maximum atomic E-state index is 13.7. The molecule has 3 atom stereocenters. The molecule has 1 saturated carbocycles. The number of aryl methyl sites for hydroxylation is 2. The minimum absolute atomic E-state index is 0.170.